The Morgan fingerprint density at radius 1 is 1.35 bits per heavy atom. The molecule has 20 heavy (non-hydrogen) atoms. The lowest BCUT2D eigenvalue weighted by atomic mass is 10.1. The fourth-order valence-corrected chi connectivity index (χ4v) is 1.83. The molecule has 5 heteroatoms. The summed E-state index contributed by atoms with van der Waals surface area (Å²) in [5, 5.41) is 0. The highest BCUT2D eigenvalue weighted by atomic mass is 16.2. The van der Waals surface area contributed by atoms with Crippen molar-refractivity contribution in [3.05, 3.63) is 68.0 Å². The highest BCUT2D eigenvalue weighted by Gasteiger charge is 2.02. The maximum Gasteiger partial charge on any atom is 0.328 e. The first kappa shape index (κ1) is 13.8. The predicted molar refractivity (Wildman–Crippen MR) is 77.5 cm³/mol. The fourth-order valence-electron chi connectivity index (χ4n) is 1.83. The van der Waals surface area contributed by atoms with Gasteiger partial charge in [0, 0.05) is 17.3 Å². The Balaban J connectivity index is 2.33. The van der Waals surface area contributed by atoms with Crippen LogP contribution in [0.25, 0.3) is 0 Å². The first-order chi connectivity index (χ1) is 9.60. The number of benzene rings is 1. The minimum absolute atomic E-state index is 0.308. The van der Waals surface area contributed by atoms with Gasteiger partial charge < -0.3 is 5.73 Å². The van der Waals surface area contributed by atoms with E-state index in [4.69, 9.17) is 5.73 Å². The number of nitrogens with zero attached hydrogens (tertiary/aromatic N) is 1. The summed E-state index contributed by atoms with van der Waals surface area (Å²) in [6.07, 6.45) is 1.55. The molecule has 3 N–H and O–H groups in total. The zero-order chi connectivity index (χ0) is 14.5. The van der Waals surface area contributed by atoms with Gasteiger partial charge in [0.2, 0.25) is 0 Å². The number of H-pyrrole nitrogens is 1. The molecule has 1 aromatic carbocycles. The first-order valence-corrected chi connectivity index (χ1v) is 6.18. The molecule has 2 rings (SSSR count). The Kier molecular flexibility index (Phi) is 4.18. The summed E-state index contributed by atoms with van der Waals surface area (Å²) >= 11 is 0. The van der Waals surface area contributed by atoms with Crippen LogP contribution in [0.5, 0.6) is 0 Å². The van der Waals surface area contributed by atoms with Gasteiger partial charge in [-0.2, -0.15) is 0 Å². The van der Waals surface area contributed by atoms with Crippen LogP contribution in [0.2, 0.25) is 0 Å². The Labute approximate surface area is 116 Å². The van der Waals surface area contributed by atoms with Gasteiger partial charge >= 0.3 is 5.69 Å². The maximum absolute atomic E-state index is 11.7. The van der Waals surface area contributed by atoms with Crippen molar-refractivity contribution in [2.45, 2.75) is 13.5 Å². The second kappa shape index (κ2) is 6.04. The Morgan fingerprint density at radius 2 is 2.15 bits per heavy atom. The molecular weight excluding hydrogens is 254 g/mol. The molecule has 2 aromatic rings. The van der Waals surface area contributed by atoms with Crippen LogP contribution in [0.15, 0.2) is 40.1 Å². The SMILES string of the molecule is Cc1cn(Cc2cccc(C#CCN)c2)c(=O)[nH]c1=O. The lowest BCUT2D eigenvalue weighted by Crippen LogP contribution is -2.31. The molecule has 0 saturated heterocycles. The zero-order valence-electron chi connectivity index (χ0n) is 11.1. The molecule has 0 aliphatic rings. The molecular formula is C15H15N3O2. The molecule has 0 saturated carbocycles. The summed E-state index contributed by atoms with van der Waals surface area (Å²) in [6, 6.07) is 7.56. The molecule has 0 aliphatic carbocycles. The van der Waals surface area contributed by atoms with Crippen LogP contribution in [-0.4, -0.2) is 16.1 Å². The molecule has 0 unspecified atom stereocenters. The van der Waals surface area contributed by atoms with Crippen LogP contribution in [0, 0.1) is 18.8 Å². The number of hydrogen-bond donors (Lipinski definition) is 2. The normalized spacial score (nSPS) is 9.90. The average Bonchev–Trinajstić information content (AvgIpc) is 2.43. The van der Waals surface area contributed by atoms with E-state index in [1.807, 2.05) is 24.3 Å². The van der Waals surface area contributed by atoms with Gasteiger partial charge in [-0.1, -0.05) is 24.0 Å². The van der Waals surface area contributed by atoms with Gasteiger partial charge in [-0.3, -0.25) is 14.3 Å². The average molecular weight is 269 g/mol. The van der Waals surface area contributed by atoms with Gasteiger partial charge in [-0.05, 0) is 24.6 Å². The van der Waals surface area contributed by atoms with E-state index in [-0.39, 0.29) is 5.56 Å². The van der Waals surface area contributed by atoms with Gasteiger partial charge in [-0.25, -0.2) is 4.79 Å². The standard InChI is InChI=1S/C15H15N3O2/c1-11-9-18(15(20)17-14(11)19)10-13-5-2-4-12(8-13)6-3-7-16/h2,4-5,8-9H,7,10,16H2,1H3,(H,17,19,20). The Bertz CT molecular complexity index is 791. The molecule has 5 nitrogen and oxygen atoms in total. The second-order valence-corrected chi connectivity index (χ2v) is 4.41. The summed E-state index contributed by atoms with van der Waals surface area (Å²) < 4.78 is 1.46. The van der Waals surface area contributed by atoms with Crippen LogP contribution >= 0.6 is 0 Å². The van der Waals surface area contributed by atoms with Gasteiger partial charge in [-0.15, -0.1) is 0 Å². The monoisotopic (exact) mass is 269 g/mol. The van der Waals surface area contributed by atoms with E-state index >= 15 is 0 Å². The minimum Gasteiger partial charge on any atom is -0.320 e. The molecule has 0 amide bonds. The van der Waals surface area contributed by atoms with Crippen LogP contribution < -0.4 is 17.0 Å². The van der Waals surface area contributed by atoms with E-state index in [9.17, 15) is 9.59 Å². The topological polar surface area (TPSA) is 80.9 Å². The Morgan fingerprint density at radius 3 is 2.90 bits per heavy atom. The van der Waals surface area contributed by atoms with E-state index in [0.717, 1.165) is 11.1 Å². The van der Waals surface area contributed by atoms with Crippen molar-refractivity contribution in [1.29, 1.82) is 0 Å². The first-order valence-electron chi connectivity index (χ1n) is 6.18. The van der Waals surface area contributed by atoms with E-state index in [0.29, 0.717) is 18.7 Å². The lowest BCUT2D eigenvalue weighted by molar-refractivity contribution is 0.713. The largest absolute Gasteiger partial charge is 0.328 e. The molecule has 0 atom stereocenters. The lowest BCUT2D eigenvalue weighted by Gasteiger charge is -2.06. The summed E-state index contributed by atoms with van der Waals surface area (Å²) in [7, 11) is 0. The van der Waals surface area contributed by atoms with E-state index in [2.05, 4.69) is 16.8 Å². The molecule has 1 heterocycles. The summed E-state index contributed by atoms with van der Waals surface area (Å²) in [4.78, 5) is 25.3. The van der Waals surface area contributed by atoms with Crippen LogP contribution in [0.3, 0.4) is 0 Å². The molecule has 1 aromatic heterocycles. The molecule has 0 radical (unpaired) electrons. The van der Waals surface area contributed by atoms with Crippen molar-refractivity contribution < 1.29 is 0 Å². The van der Waals surface area contributed by atoms with Crippen molar-refractivity contribution in [2.75, 3.05) is 6.54 Å². The number of rotatable bonds is 2. The van der Waals surface area contributed by atoms with E-state index in [1.165, 1.54) is 4.57 Å². The van der Waals surface area contributed by atoms with Gasteiger partial charge in [0.05, 0.1) is 13.1 Å². The number of nitrogens with one attached hydrogen (secondary N) is 1. The number of hydrogen-bond acceptors (Lipinski definition) is 3. The van der Waals surface area contributed by atoms with Crippen molar-refractivity contribution >= 4 is 0 Å². The van der Waals surface area contributed by atoms with Crippen molar-refractivity contribution in [1.82, 2.24) is 9.55 Å². The van der Waals surface area contributed by atoms with Crippen LogP contribution in [0.4, 0.5) is 0 Å². The maximum atomic E-state index is 11.7. The fraction of sp³-hybridized carbons (Fsp3) is 0.200. The number of aromatic nitrogens is 2. The Hall–Kier alpha value is -2.58. The van der Waals surface area contributed by atoms with Gasteiger partial charge in [0.1, 0.15) is 0 Å². The van der Waals surface area contributed by atoms with Crippen molar-refractivity contribution in [3.8, 4) is 11.8 Å². The summed E-state index contributed by atoms with van der Waals surface area (Å²) in [5.74, 6) is 5.73. The smallest absolute Gasteiger partial charge is 0.320 e. The van der Waals surface area contributed by atoms with Crippen LogP contribution in [-0.2, 0) is 6.54 Å². The third kappa shape index (κ3) is 3.25. The number of nitrogens with two attached hydrogens (primary N) is 1. The molecule has 102 valence electrons. The second-order valence-electron chi connectivity index (χ2n) is 4.41. The van der Waals surface area contributed by atoms with Crippen molar-refractivity contribution in [3.63, 3.8) is 0 Å². The number of aromatic amines is 1. The third-order valence-corrected chi connectivity index (χ3v) is 2.80. The summed E-state index contributed by atoms with van der Waals surface area (Å²) in [6.45, 7) is 2.36. The molecule has 0 bridgehead atoms. The molecule has 0 spiro atoms. The quantitative estimate of drug-likeness (QED) is 0.764. The van der Waals surface area contributed by atoms with E-state index < -0.39 is 5.69 Å². The molecule has 0 aliphatic heterocycles. The predicted octanol–water partition coefficient (Wildman–Crippen LogP) is 0.204. The van der Waals surface area contributed by atoms with Crippen molar-refractivity contribution in [2.24, 2.45) is 5.73 Å². The summed E-state index contributed by atoms with van der Waals surface area (Å²) in [5.41, 5.74) is 6.85. The molecule has 0 fully saturated rings. The minimum atomic E-state index is -0.418. The van der Waals surface area contributed by atoms with Gasteiger partial charge in [0.25, 0.3) is 5.56 Å². The van der Waals surface area contributed by atoms with Gasteiger partial charge in [0.15, 0.2) is 0 Å². The highest BCUT2D eigenvalue weighted by Crippen LogP contribution is 2.05. The van der Waals surface area contributed by atoms with E-state index in [1.54, 1.807) is 13.1 Å². The zero-order valence-corrected chi connectivity index (χ0v) is 11.1. The highest BCUT2D eigenvalue weighted by molar-refractivity contribution is 5.37. The number of aryl methyl sites for hydroxylation is 1. The third-order valence-electron chi connectivity index (χ3n) is 2.80. The van der Waals surface area contributed by atoms with Crippen LogP contribution in [0.1, 0.15) is 16.7 Å².